The summed E-state index contributed by atoms with van der Waals surface area (Å²) in [7, 11) is 0. The molecule has 5 nitrogen and oxygen atoms in total. The summed E-state index contributed by atoms with van der Waals surface area (Å²) >= 11 is 7.69. The molecule has 20 heavy (non-hydrogen) atoms. The summed E-state index contributed by atoms with van der Waals surface area (Å²) in [6.45, 7) is 0.612. The molecule has 0 aromatic carbocycles. The SMILES string of the molecule is CSc1nc(Cl)c2n[nH]c(C3(CN)CCCCC3)c2n1. The van der Waals surface area contributed by atoms with Crippen molar-refractivity contribution < 1.29 is 0 Å². The van der Waals surface area contributed by atoms with Gasteiger partial charge in [0.15, 0.2) is 10.3 Å². The van der Waals surface area contributed by atoms with Crippen molar-refractivity contribution in [1.29, 1.82) is 0 Å². The molecule has 0 atom stereocenters. The Morgan fingerprint density at radius 2 is 2.00 bits per heavy atom. The number of thioether (sulfide) groups is 1. The number of H-pyrrole nitrogens is 1. The van der Waals surface area contributed by atoms with Gasteiger partial charge < -0.3 is 5.73 Å². The van der Waals surface area contributed by atoms with Gasteiger partial charge in [0.2, 0.25) is 0 Å². The van der Waals surface area contributed by atoms with Crippen LogP contribution < -0.4 is 5.73 Å². The smallest absolute Gasteiger partial charge is 0.189 e. The molecule has 3 N–H and O–H groups in total. The van der Waals surface area contributed by atoms with E-state index in [1.54, 1.807) is 0 Å². The molecular formula is C13H18ClN5S. The number of nitrogens with zero attached hydrogens (tertiary/aromatic N) is 3. The molecular weight excluding hydrogens is 294 g/mol. The Hall–Kier alpha value is -0.850. The first-order chi connectivity index (χ1) is 9.70. The maximum absolute atomic E-state index is 6.20. The van der Waals surface area contributed by atoms with Crippen molar-refractivity contribution in [2.24, 2.45) is 5.73 Å². The number of fused-ring (bicyclic) bond motifs is 1. The second kappa shape index (κ2) is 5.50. The first-order valence-corrected chi connectivity index (χ1v) is 8.46. The van der Waals surface area contributed by atoms with E-state index in [2.05, 4.69) is 20.2 Å². The van der Waals surface area contributed by atoms with Crippen molar-refractivity contribution in [1.82, 2.24) is 20.2 Å². The maximum atomic E-state index is 6.20. The predicted octanol–water partition coefficient (Wildman–Crippen LogP) is 2.89. The molecule has 0 saturated heterocycles. The van der Waals surface area contributed by atoms with Crippen LogP contribution in [-0.4, -0.2) is 33.0 Å². The monoisotopic (exact) mass is 311 g/mol. The zero-order valence-corrected chi connectivity index (χ0v) is 13.0. The minimum Gasteiger partial charge on any atom is -0.330 e. The van der Waals surface area contributed by atoms with Gasteiger partial charge in [-0.2, -0.15) is 5.10 Å². The zero-order valence-electron chi connectivity index (χ0n) is 11.4. The molecule has 0 spiro atoms. The van der Waals surface area contributed by atoms with E-state index >= 15 is 0 Å². The van der Waals surface area contributed by atoms with Gasteiger partial charge in [0.25, 0.3) is 0 Å². The highest BCUT2D eigenvalue weighted by atomic mass is 35.5. The number of halogens is 1. The summed E-state index contributed by atoms with van der Waals surface area (Å²) in [5.41, 5.74) is 8.58. The molecule has 1 fully saturated rings. The number of rotatable bonds is 3. The summed E-state index contributed by atoms with van der Waals surface area (Å²) in [6.07, 6.45) is 7.78. The molecule has 2 aromatic rings. The minimum atomic E-state index is -0.0413. The van der Waals surface area contributed by atoms with E-state index in [9.17, 15) is 0 Å². The quantitative estimate of drug-likeness (QED) is 0.517. The van der Waals surface area contributed by atoms with Gasteiger partial charge in [-0.3, -0.25) is 5.10 Å². The number of hydrogen-bond acceptors (Lipinski definition) is 5. The first-order valence-electron chi connectivity index (χ1n) is 6.86. The largest absolute Gasteiger partial charge is 0.330 e. The topological polar surface area (TPSA) is 80.5 Å². The maximum Gasteiger partial charge on any atom is 0.189 e. The Labute approximate surface area is 127 Å². The van der Waals surface area contributed by atoms with E-state index in [1.165, 1.54) is 31.0 Å². The Morgan fingerprint density at radius 3 is 2.65 bits per heavy atom. The van der Waals surface area contributed by atoms with Crippen molar-refractivity contribution in [3.05, 3.63) is 10.8 Å². The predicted molar refractivity (Wildman–Crippen MR) is 82.3 cm³/mol. The first kappa shape index (κ1) is 14.1. The Bertz CT molecular complexity index is 620. The second-order valence-electron chi connectivity index (χ2n) is 5.34. The third-order valence-corrected chi connectivity index (χ3v) is 5.06. The van der Waals surface area contributed by atoms with Crippen LogP contribution in [0.4, 0.5) is 0 Å². The number of aromatic amines is 1. The fraction of sp³-hybridized carbons (Fsp3) is 0.615. The van der Waals surface area contributed by atoms with Gasteiger partial charge in [0, 0.05) is 12.0 Å². The van der Waals surface area contributed by atoms with Crippen LogP contribution in [0.15, 0.2) is 5.16 Å². The van der Waals surface area contributed by atoms with Crippen LogP contribution in [0.1, 0.15) is 37.8 Å². The van der Waals surface area contributed by atoms with Gasteiger partial charge in [-0.15, -0.1) is 0 Å². The summed E-state index contributed by atoms with van der Waals surface area (Å²) in [5.74, 6) is 0. The van der Waals surface area contributed by atoms with Gasteiger partial charge in [-0.05, 0) is 19.1 Å². The lowest BCUT2D eigenvalue weighted by Crippen LogP contribution is -2.37. The number of nitrogens with one attached hydrogen (secondary N) is 1. The molecule has 1 aliphatic carbocycles. The normalized spacial score (nSPS) is 18.6. The molecule has 7 heteroatoms. The molecule has 2 heterocycles. The van der Waals surface area contributed by atoms with Crippen molar-refractivity contribution in [3.8, 4) is 0 Å². The summed E-state index contributed by atoms with van der Waals surface area (Å²) in [6, 6.07) is 0. The van der Waals surface area contributed by atoms with Gasteiger partial charge >= 0.3 is 0 Å². The van der Waals surface area contributed by atoms with Crippen molar-refractivity contribution in [2.45, 2.75) is 42.7 Å². The Kier molecular flexibility index (Phi) is 3.88. The van der Waals surface area contributed by atoms with Gasteiger partial charge in [0.05, 0.1) is 5.69 Å². The van der Waals surface area contributed by atoms with E-state index in [0.29, 0.717) is 22.4 Å². The average molecular weight is 312 g/mol. The summed E-state index contributed by atoms with van der Waals surface area (Å²) < 4.78 is 0. The number of nitrogens with two attached hydrogens (primary N) is 1. The van der Waals surface area contributed by atoms with Crippen LogP contribution in [0.25, 0.3) is 11.0 Å². The lowest BCUT2D eigenvalue weighted by Gasteiger charge is -2.35. The van der Waals surface area contributed by atoms with Crippen LogP contribution in [-0.2, 0) is 5.41 Å². The van der Waals surface area contributed by atoms with E-state index < -0.39 is 0 Å². The Balaban J connectivity index is 2.17. The lowest BCUT2D eigenvalue weighted by molar-refractivity contribution is 0.295. The minimum absolute atomic E-state index is 0.0413. The lowest BCUT2D eigenvalue weighted by atomic mass is 9.71. The van der Waals surface area contributed by atoms with Gasteiger partial charge in [-0.1, -0.05) is 42.6 Å². The molecule has 1 aliphatic rings. The number of aromatic nitrogens is 4. The van der Waals surface area contributed by atoms with Crippen LogP contribution in [0.5, 0.6) is 0 Å². The molecule has 3 rings (SSSR count). The van der Waals surface area contributed by atoms with E-state index in [1.807, 2.05) is 6.26 Å². The zero-order chi connectivity index (χ0) is 14.2. The third-order valence-electron chi connectivity index (χ3n) is 4.25. The molecule has 0 bridgehead atoms. The van der Waals surface area contributed by atoms with E-state index in [4.69, 9.17) is 17.3 Å². The fourth-order valence-electron chi connectivity index (χ4n) is 3.09. The molecule has 108 valence electrons. The molecule has 0 aliphatic heterocycles. The highest BCUT2D eigenvalue weighted by Gasteiger charge is 2.36. The standard InChI is InChI=1S/C13H18ClN5S/c1-20-12-16-8-9(11(14)17-12)18-19-10(8)13(7-15)5-3-2-4-6-13/h2-7,15H2,1H3,(H,18,19). The van der Waals surface area contributed by atoms with Crippen molar-refractivity contribution in [2.75, 3.05) is 12.8 Å². The molecule has 1 saturated carbocycles. The highest BCUT2D eigenvalue weighted by molar-refractivity contribution is 7.98. The summed E-state index contributed by atoms with van der Waals surface area (Å²) in [4.78, 5) is 8.83. The van der Waals surface area contributed by atoms with Gasteiger partial charge in [0.1, 0.15) is 11.0 Å². The van der Waals surface area contributed by atoms with Crippen LogP contribution >= 0.6 is 23.4 Å². The fourth-order valence-corrected chi connectivity index (χ4v) is 3.72. The van der Waals surface area contributed by atoms with Crippen molar-refractivity contribution in [3.63, 3.8) is 0 Å². The van der Waals surface area contributed by atoms with Crippen LogP contribution in [0.2, 0.25) is 5.15 Å². The third kappa shape index (κ3) is 2.19. The van der Waals surface area contributed by atoms with Crippen molar-refractivity contribution >= 4 is 34.4 Å². The number of hydrogen-bond donors (Lipinski definition) is 2. The van der Waals surface area contributed by atoms with E-state index in [0.717, 1.165) is 24.1 Å². The summed E-state index contributed by atoms with van der Waals surface area (Å²) in [5, 5.41) is 8.54. The van der Waals surface area contributed by atoms with Gasteiger partial charge in [-0.25, -0.2) is 9.97 Å². The molecule has 0 amide bonds. The molecule has 0 radical (unpaired) electrons. The highest BCUT2D eigenvalue weighted by Crippen LogP contribution is 2.40. The molecule has 0 unspecified atom stereocenters. The Morgan fingerprint density at radius 1 is 1.25 bits per heavy atom. The molecule has 2 aromatic heterocycles. The van der Waals surface area contributed by atoms with Crippen LogP contribution in [0.3, 0.4) is 0 Å². The average Bonchev–Trinajstić information content (AvgIpc) is 2.92. The van der Waals surface area contributed by atoms with Crippen LogP contribution in [0, 0.1) is 0 Å². The van der Waals surface area contributed by atoms with E-state index in [-0.39, 0.29) is 5.41 Å². The second-order valence-corrected chi connectivity index (χ2v) is 6.47.